The second-order valence-electron chi connectivity index (χ2n) is 5.15. The molecule has 6 heteroatoms. The maximum absolute atomic E-state index is 11.4. The van der Waals surface area contributed by atoms with Crippen molar-refractivity contribution < 1.29 is 14.8 Å². The molecule has 0 radical (unpaired) electrons. The molecule has 108 valence electrons. The van der Waals surface area contributed by atoms with Crippen LogP contribution in [0.4, 0.5) is 11.4 Å². The highest BCUT2D eigenvalue weighted by Crippen LogP contribution is 2.29. The van der Waals surface area contributed by atoms with Crippen LogP contribution in [0.5, 0.6) is 0 Å². The Balaban J connectivity index is 2.31. The topological polar surface area (TPSA) is 83.7 Å². The number of nitro benzene ring substituents is 1. The van der Waals surface area contributed by atoms with Crippen molar-refractivity contribution in [2.45, 2.75) is 19.8 Å². The first kappa shape index (κ1) is 14.5. The number of carbonyl (C=O) groups excluding carboxylic acids is 1. The predicted molar refractivity (Wildman–Crippen MR) is 75.1 cm³/mol. The van der Waals surface area contributed by atoms with Crippen LogP contribution in [-0.2, 0) is 0 Å². The van der Waals surface area contributed by atoms with Crippen LogP contribution in [0.25, 0.3) is 0 Å². The molecule has 1 N–H and O–H groups in total. The molecular formula is C14H18N2O4. The highest BCUT2D eigenvalue weighted by molar-refractivity contribution is 5.98. The minimum absolute atomic E-state index is 0.129. The van der Waals surface area contributed by atoms with Crippen LogP contribution in [-0.4, -0.2) is 35.5 Å². The normalized spacial score (nSPS) is 18.9. The first-order valence-corrected chi connectivity index (χ1v) is 6.68. The van der Waals surface area contributed by atoms with Gasteiger partial charge in [0.05, 0.1) is 10.5 Å². The number of benzene rings is 1. The highest BCUT2D eigenvalue weighted by atomic mass is 16.6. The summed E-state index contributed by atoms with van der Waals surface area (Å²) in [5, 5.41) is 20.3. The number of aliphatic hydroxyl groups is 1. The lowest BCUT2D eigenvalue weighted by Crippen LogP contribution is -2.36. The zero-order chi connectivity index (χ0) is 14.7. The fourth-order valence-electron chi connectivity index (χ4n) is 2.61. The van der Waals surface area contributed by atoms with E-state index in [1.165, 1.54) is 19.1 Å². The summed E-state index contributed by atoms with van der Waals surface area (Å²) in [5.74, 6) is -0.106. The lowest BCUT2D eigenvalue weighted by Gasteiger charge is -2.33. The van der Waals surface area contributed by atoms with E-state index in [2.05, 4.69) is 0 Å². The van der Waals surface area contributed by atoms with Crippen LogP contribution in [0, 0.1) is 16.0 Å². The van der Waals surface area contributed by atoms with Crippen LogP contribution in [0.1, 0.15) is 30.1 Å². The minimum Gasteiger partial charge on any atom is -0.396 e. The second-order valence-corrected chi connectivity index (χ2v) is 5.15. The summed E-state index contributed by atoms with van der Waals surface area (Å²) in [5.41, 5.74) is 0.718. The van der Waals surface area contributed by atoms with Gasteiger partial charge in [-0.2, -0.15) is 0 Å². The minimum atomic E-state index is -0.520. The van der Waals surface area contributed by atoms with E-state index in [1.54, 1.807) is 6.07 Å². The van der Waals surface area contributed by atoms with Crippen molar-refractivity contribution in [3.63, 3.8) is 0 Å². The standard InChI is InChI=1S/C14H18N2O4/c1-10(18)13-5-4-12(7-14(13)16(19)20)15-6-2-3-11(8-15)9-17/h4-5,7,11,17H,2-3,6,8-9H2,1H3. The third-order valence-electron chi connectivity index (χ3n) is 3.70. The van der Waals surface area contributed by atoms with Crippen molar-refractivity contribution in [3.8, 4) is 0 Å². The van der Waals surface area contributed by atoms with Gasteiger partial charge in [-0.05, 0) is 37.8 Å². The molecule has 0 spiro atoms. The van der Waals surface area contributed by atoms with Gasteiger partial charge >= 0.3 is 0 Å². The van der Waals surface area contributed by atoms with Gasteiger partial charge in [-0.1, -0.05) is 0 Å². The molecule has 0 saturated carbocycles. The van der Waals surface area contributed by atoms with E-state index in [0.29, 0.717) is 6.54 Å². The molecule has 1 atom stereocenters. The van der Waals surface area contributed by atoms with Crippen molar-refractivity contribution >= 4 is 17.2 Å². The van der Waals surface area contributed by atoms with E-state index in [4.69, 9.17) is 0 Å². The Kier molecular flexibility index (Phi) is 4.34. The quantitative estimate of drug-likeness (QED) is 0.517. The zero-order valence-electron chi connectivity index (χ0n) is 11.4. The van der Waals surface area contributed by atoms with Crippen LogP contribution >= 0.6 is 0 Å². The van der Waals surface area contributed by atoms with E-state index in [9.17, 15) is 20.0 Å². The number of piperidine rings is 1. The van der Waals surface area contributed by atoms with Crippen LogP contribution in [0.15, 0.2) is 18.2 Å². The first-order valence-electron chi connectivity index (χ1n) is 6.68. The Morgan fingerprint density at radius 1 is 1.55 bits per heavy atom. The summed E-state index contributed by atoms with van der Waals surface area (Å²) in [4.78, 5) is 24.0. The molecule has 6 nitrogen and oxygen atoms in total. The van der Waals surface area contributed by atoms with Crippen molar-refractivity contribution in [1.29, 1.82) is 0 Å². The van der Waals surface area contributed by atoms with Gasteiger partial charge in [0.15, 0.2) is 5.78 Å². The molecule has 1 aliphatic heterocycles. The third-order valence-corrected chi connectivity index (χ3v) is 3.70. The van der Waals surface area contributed by atoms with Gasteiger partial charge in [0.2, 0.25) is 0 Å². The van der Waals surface area contributed by atoms with Crippen molar-refractivity contribution in [2.24, 2.45) is 5.92 Å². The van der Waals surface area contributed by atoms with Crippen molar-refractivity contribution in [2.75, 3.05) is 24.6 Å². The lowest BCUT2D eigenvalue weighted by atomic mass is 9.98. The highest BCUT2D eigenvalue weighted by Gasteiger charge is 2.23. The van der Waals surface area contributed by atoms with E-state index in [-0.39, 0.29) is 29.6 Å². The smallest absolute Gasteiger partial charge is 0.282 e. The lowest BCUT2D eigenvalue weighted by molar-refractivity contribution is -0.385. The third kappa shape index (κ3) is 2.96. The molecule has 1 heterocycles. The largest absolute Gasteiger partial charge is 0.396 e. The van der Waals surface area contributed by atoms with Crippen molar-refractivity contribution in [3.05, 3.63) is 33.9 Å². The molecule has 0 aromatic heterocycles. The molecule has 1 aliphatic rings. The van der Waals surface area contributed by atoms with E-state index in [1.807, 2.05) is 4.90 Å². The Bertz CT molecular complexity index is 530. The van der Waals surface area contributed by atoms with Gasteiger partial charge in [-0.25, -0.2) is 0 Å². The molecule has 1 fully saturated rings. The molecular weight excluding hydrogens is 260 g/mol. The number of hydrogen-bond donors (Lipinski definition) is 1. The SMILES string of the molecule is CC(=O)c1ccc(N2CCCC(CO)C2)cc1[N+](=O)[O-]. The number of anilines is 1. The van der Waals surface area contributed by atoms with Crippen LogP contribution in [0.2, 0.25) is 0 Å². The Labute approximate surface area is 117 Å². The Morgan fingerprint density at radius 2 is 2.30 bits per heavy atom. The Hall–Kier alpha value is -1.95. The summed E-state index contributed by atoms with van der Waals surface area (Å²) in [6.45, 7) is 2.95. The van der Waals surface area contributed by atoms with E-state index < -0.39 is 4.92 Å². The van der Waals surface area contributed by atoms with Gasteiger partial charge < -0.3 is 10.0 Å². The van der Waals surface area contributed by atoms with Gasteiger partial charge in [0.25, 0.3) is 5.69 Å². The maximum Gasteiger partial charge on any atom is 0.282 e. The Morgan fingerprint density at radius 3 is 2.90 bits per heavy atom. The van der Waals surface area contributed by atoms with Crippen LogP contribution < -0.4 is 4.90 Å². The fourth-order valence-corrected chi connectivity index (χ4v) is 2.61. The number of hydrogen-bond acceptors (Lipinski definition) is 5. The summed E-state index contributed by atoms with van der Waals surface area (Å²) in [6.07, 6.45) is 1.92. The summed E-state index contributed by atoms with van der Waals surface area (Å²) in [7, 11) is 0. The number of ketones is 1. The number of rotatable bonds is 4. The molecule has 2 rings (SSSR count). The fraction of sp³-hybridized carbons (Fsp3) is 0.500. The van der Waals surface area contributed by atoms with Crippen LogP contribution in [0.3, 0.4) is 0 Å². The van der Waals surface area contributed by atoms with E-state index in [0.717, 1.165) is 25.1 Å². The van der Waals surface area contributed by atoms with Crippen molar-refractivity contribution in [1.82, 2.24) is 0 Å². The molecule has 0 amide bonds. The molecule has 20 heavy (non-hydrogen) atoms. The molecule has 1 aromatic rings. The summed E-state index contributed by atoms with van der Waals surface area (Å²) >= 11 is 0. The first-order chi connectivity index (χ1) is 9.52. The molecule has 1 unspecified atom stereocenters. The number of nitro groups is 1. The molecule has 0 aliphatic carbocycles. The number of aliphatic hydroxyl groups excluding tert-OH is 1. The van der Waals surface area contributed by atoms with Gasteiger partial charge in [0.1, 0.15) is 0 Å². The average Bonchev–Trinajstić information content (AvgIpc) is 2.46. The summed E-state index contributed by atoms with van der Waals surface area (Å²) in [6, 6.07) is 4.71. The number of carbonyl (C=O) groups is 1. The van der Waals surface area contributed by atoms with Gasteiger partial charge in [-0.15, -0.1) is 0 Å². The number of Topliss-reactive ketones (excluding diaryl/α,β-unsaturated/α-hetero) is 1. The maximum atomic E-state index is 11.4. The van der Waals surface area contributed by atoms with Gasteiger partial charge in [0, 0.05) is 31.5 Å². The number of nitrogens with zero attached hydrogens (tertiary/aromatic N) is 2. The molecule has 1 aromatic carbocycles. The predicted octanol–water partition coefficient (Wildman–Crippen LogP) is 2.01. The summed E-state index contributed by atoms with van der Waals surface area (Å²) < 4.78 is 0. The molecule has 0 bridgehead atoms. The second kappa shape index (κ2) is 6.00. The zero-order valence-corrected chi connectivity index (χ0v) is 11.4. The molecule has 1 saturated heterocycles. The van der Waals surface area contributed by atoms with E-state index >= 15 is 0 Å². The van der Waals surface area contributed by atoms with Gasteiger partial charge in [-0.3, -0.25) is 14.9 Å². The average molecular weight is 278 g/mol. The monoisotopic (exact) mass is 278 g/mol.